The summed E-state index contributed by atoms with van der Waals surface area (Å²) in [6.45, 7) is 3.17. The van der Waals surface area contributed by atoms with Crippen LogP contribution < -0.4 is 10.5 Å². The van der Waals surface area contributed by atoms with Gasteiger partial charge in [0.2, 0.25) is 0 Å². The first-order chi connectivity index (χ1) is 10.8. The summed E-state index contributed by atoms with van der Waals surface area (Å²) in [6, 6.07) is 11.6. The molecular formula is C17H16N2O3. The summed E-state index contributed by atoms with van der Waals surface area (Å²) >= 11 is 0. The van der Waals surface area contributed by atoms with Crippen molar-refractivity contribution in [3.63, 3.8) is 0 Å². The summed E-state index contributed by atoms with van der Waals surface area (Å²) < 4.78 is 10.7. The van der Waals surface area contributed by atoms with Crippen LogP contribution in [0.15, 0.2) is 51.9 Å². The van der Waals surface area contributed by atoms with Gasteiger partial charge in [-0.3, -0.25) is 4.79 Å². The van der Waals surface area contributed by atoms with Gasteiger partial charge in [-0.2, -0.15) is 0 Å². The first kappa shape index (κ1) is 13.2. The van der Waals surface area contributed by atoms with Crippen molar-refractivity contribution in [2.24, 2.45) is 0 Å². The molecule has 1 aliphatic heterocycles. The standard InChI is InChI=1S/C17H16N2O3/c20-17-14-11-13(19-5-8-21-9-6-19)4-3-12(14)10-15(18-17)16-2-1-7-22-16/h1-4,7,10-11H,5-6,8-9H2,(H,18,20). The van der Waals surface area contributed by atoms with Crippen molar-refractivity contribution in [3.05, 3.63) is 53.0 Å². The molecule has 0 unspecified atom stereocenters. The molecule has 3 heterocycles. The number of morpholine rings is 1. The lowest BCUT2D eigenvalue weighted by molar-refractivity contribution is 0.122. The molecular weight excluding hydrogens is 280 g/mol. The van der Waals surface area contributed by atoms with E-state index in [4.69, 9.17) is 9.15 Å². The number of fused-ring (bicyclic) bond motifs is 1. The molecule has 1 N–H and O–H groups in total. The Labute approximate surface area is 127 Å². The van der Waals surface area contributed by atoms with Crippen molar-refractivity contribution in [3.8, 4) is 11.5 Å². The number of anilines is 1. The number of nitrogens with zero attached hydrogens (tertiary/aromatic N) is 1. The third-order valence-corrected chi connectivity index (χ3v) is 3.99. The molecule has 1 fully saturated rings. The van der Waals surface area contributed by atoms with Gasteiger partial charge in [0.05, 0.1) is 25.2 Å². The summed E-state index contributed by atoms with van der Waals surface area (Å²) in [6.07, 6.45) is 1.60. The zero-order valence-electron chi connectivity index (χ0n) is 12.0. The number of aromatic nitrogens is 1. The van der Waals surface area contributed by atoms with Crippen LogP contribution in [0.25, 0.3) is 22.2 Å². The maximum Gasteiger partial charge on any atom is 0.256 e. The van der Waals surface area contributed by atoms with E-state index in [-0.39, 0.29) is 5.56 Å². The normalized spacial score (nSPS) is 15.4. The van der Waals surface area contributed by atoms with Crippen molar-refractivity contribution < 1.29 is 9.15 Å². The molecule has 0 atom stereocenters. The summed E-state index contributed by atoms with van der Waals surface area (Å²) in [7, 11) is 0. The van der Waals surface area contributed by atoms with Crippen molar-refractivity contribution in [2.75, 3.05) is 31.2 Å². The first-order valence-corrected chi connectivity index (χ1v) is 7.35. The first-order valence-electron chi connectivity index (χ1n) is 7.35. The monoisotopic (exact) mass is 296 g/mol. The molecule has 0 aliphatic carbocycles. The third kappa shape index (κ3) is 2.29. The average Bonchev–Trinajstić information content (AvgIpc) is 3.10. The highest BCUT2D eigenvalue weighted by atomic mass is 16.5. The Bertz CT molecular complexity index is 846. The number of furan rings is 1. The molecule has 1 saturated heterocycles. The smallest absolute Gasteiger partial charge is 0.256 e. The molecule has 5 nitrogen and oxygen atoms in total. The van der Waals surface area contributed by atoms with Crippen molar-refractivity contribution in [1.29, 1.82) is 0 Å². The molecule has 5 heteroatoms. The highest BCUT2D eigenvalue weighted by Crippen LogP contribution is 2.24. The molecule has 0 saturated carbocycles. The molecule has 22 heavy (non-hydrogen) atoms. The van der Waals surface area contributed by atoms with Crippen LogP contribution in [-0.2, 0) is 4.74 Å². The molecule has 1 aliphatic rings. The largest absolute Gasteiger partial charge is 0.463 e. The maximum atomic E-state index is 12.4. The van der Waals surface area contributed by atoms with E-state index in [2.05, 4.69) is 16.0 Å². The Kier molecular flexibility index (Phi) is 3.20. The predicted molar refractivity (Wildman–Crippen MR) is 85.3 cm³/mol. The SMILES string of the molecule is O=c1[nH]c(-c2ccco2)cc2ccc(N3CCOCC3)cc12. The number of nitrogens with one attached hydrogen (secondary N) is 1. The van der Waals surface area contributed by atoms with Crippen LogP contribution in [0.1, 0.15) is 0 Å². The average molecular weight is 296 g/mol. The van der Waals surface area contributed by atoms with Gasteiger partial charge in [-0.15, -0.1) is 0 Å². The van der Waals surface area contributed by atoms with Gasteiger partial charge in [0.25, 0.3) is 5.56 Å². The Hall–Kier alpha value is -2.53. The second-order valence-electron chi connectivity index (χ2n) is 5.36. The second kappa shape index (κ2) is 5.35. The Morgan fingerprint density at radius 3 is 2.73 bits per heavy atom. The zero-order valence-corrected chi connectivity index (χ0v) is 12.0. The minimum atomic E-state index is -0.0981. The van der Waals surface area contributed by atoms with E-state index in [1.807, 2.05) is 24.3 Å². The number of hydrogen-bond acceptors (Lipinski definition) is 4. The van der Waals surface area contributed by atoms with Gasteiger partial charge in [0.1, 0.15) is 5.76 Å². The Morgan fingerprint density at radius 2 is 1.95 bits per heavy atom. The molecule has 0 spiro atoms. The van der Waals surface area contributed by atoms with E-state index in [0.29, 0.717) is 16.8 Å². The molecule has 2 aromatic heterocycles. The Morgan fingerprint density at radius 1 is 1.09 bits per heavy atom. The van der Waals surface area contributed by atoms with Gasteiger partial charge in [-0.05, 0) is 35.7 Å². The molecule has 3 aromatic rings. The van der Waals surface area contributed by atoms with Crippen LogP contribution in [-0.4, -0.2) is 31.3 Å². The number of rotatable bonds is 2. The lowest BCUT2D eigenvalue weighted by atomic mass is 10.1. The summed E-state index contributed by atoms with van der Waals surface area (Å²) in [5, 5.41) is 1.60. The summed E-state index contributed by atoms with van der Waals surface area (Å²) in [5.41, 5.74) is 1.66. The predicted octanol–water partition coefficient (Wildman–Crippen LogP) is 2.62. The van der Waals surface area contributed by atoms with Crippen LogP contribution in [0.5, 0.6) is 0 Å². The van der Waals surface area contributed by atoms with Gasteiger partial charge in [-0.25, -0.2) is 0 Å². The number of pyridine rings is 1. The van der Waals surface area contributed by atoms with E-state index < -0.39 is 0 Å². The number of hydrogen-bond donors (Lipinski definition) is 1. The van der Waals surface area contributed by atoms with E-state index in [1.165, 1.54) is 0 Å². The fourth-order valence-electron chi connectivity index (χ4n) is 2.83. The quantitative estimate of drug-likeness (QED) is 0.790. The maximum absolute atomic E-state index is 12.4. The summed E-state index contributed by atoms with van der Waals surface area (Å²) in [5.74, 6) is 0.663. The minimum Gasteiger partial charge on any atom is -0.463 e. The fraction of sp³-hybridized carbons (Fsp3) is 0.235. The highest BCUT2D eigenvalue weighted by molar-refractivity contribution is 5.87. The molecule has 0 radical (unpaired) electrons. The van der Waals surface area contributed by atoms with Crippen LogP contribution in [0.3, 0.4) is 0 Å². The molecule has 1 aromatic carbocycles. The zero-order chi connectivity index (χ0) is 14.9. The molecule has 4 rings (SSSR count). The van der Waals surface area contributed by atoms with Gasteiger partial charge in [-0.1, -0.05) is 6.07 Å². The summed E-state index contributed by atoms with van der Waals surface area (Å²) in [4.78, 5) is 17.5. The fourth-order valence-corrected chi connectivity index (χ4v) is 2.83. The van der Waals surface area contributed by atoms with Gasteiger partial charge >= 0.3 is 0 Å². The Balaban J connectivity index is 1.79. The van der Waals surface area contributed by atoms with E-state index >= 15 is 0 Å². The second-order valence-corrected chi connectivity index (χ2v) is 5.36. The number of benzene rings is 1. The topological polar surface area (TPSA) is 58.5 Å². The van der Waals surface area contributed by atoms with Gasteiger partial charge in [0, 0.05) is 24.2 Å². The number of aromatic amines is 1. The van der Waals surface area contributed by atoms with Crippen molar-refractivity contribution >= 4 is 16.5 Å². The number of H-pyrrole nitrogens is 1. The molecule has 0 amide bonds. The van der Waals surface area contributed by atoms with Crippen LogP contribution in [0.4, 0.5) is 5.69 Å². The van der Waals surface area contributed by atoms with Crippen molar-refractivity contribution in [2.45, 2.75) is 0 Å². The van der Waals surface area contributed by atoms with Gasteiger partial charge in [0.15, 0.2) is 0 Å². The third-order valence-electron chi connectivity index (χ3n) is 3.99. The molecule has 112 valence electrons. The van der Waals surface area contributed by atoms with E-state index in [1.54, 1.807) is 12.3 Å². The van der Waals surface area contributed by atoms with Gasteiger partial charge < -0.3 is 19.0 Å². The molecule has 0 bridgehead atoms. The highest BCUT2D eigenvalue weighted by Gasteiger charge is 2.13. The van der Waals surface area contributed by atoms with E-state index in [9.17, 15) is 4.79 Å². The van der Waals surface area contributed by atoms with Crippen LogP contribution in [0, 0.1) is 0 Å². The van der Waals surface area contributed by atoms with Crippen LogP contribution in [0.2, 0.25) is 0 Å². The minimum absolute atomic E-state index is 0.0981. The van der Waals surface area contributed by atoms with E-state index in [0.717, 1.165) is 37.4 Å². The lowest BCUT2D eigenvalue weighted by Crippen LogP contribution is -2.36. The lowest BCUT2D eigenvalue weighted by Gasteiger charge is -2.29. The van der Waals surface area contributed by atoms with Crippen molar-refractivity contribution in [1.82, 2.24) is 4.98 Å². The van der Waals surface area contributed by atoms with Crippen LogP contribution >= 0.6 is 0 Å². The number of ether oxygens (including phenoxy) is 1.